The summed E-state index contributed by atoms with van der Waals surface area (Å²) >= 11 is 0. The number of ether oxygens (including phenoxy) is 3. The zero-order valence-electron chi connectivity index (χ0n) is 38.2. The van der Waals surface area contributed by atoms with Gasteiger partial charge in [-0.2, -0.15) is 0 Å². The van der Waals surface area contributed by atoms with Gasteiger partial charge < -0.3 is 44.6 Å². The van der Waals surface area contributed by atoms with Gasteiger partial charge in [0.1, 0.15) is 43.2 Å². The molecule has 1 aliphatic carbocycles. The minimum atomic E-state index is -5.15. The van der Waals surface area contributed by atoms with Crippen LogP contribution >= 0.6 is 7.82 Å². The number of phosphoric ester groups is 1. The van der Waals surface area contributed by atoms with Crippen molar-refractivity contribution in [2.24, 2.45) is 0 Å². The first-order valence-electron chi connectivity index (χ1n) is 23.5. The van der Waals surface area contributed by atoms with Crippen LogP contribution in [-0.4, -0.2) is 111 Å². The highest BCUT2D eigenvalue weighted by Gasteiger charge is 2.51. The molecule has 5 unspecified atom stereocenters. The summed E-state index contributed by atoms with van der Waals surface area (Å²) in [4.78, 5) is 35.8. The van der Waals surface area contributed by atoms with Gasteiger partial charge in [0.25, 0.3) is 0 Å². The zero-order chi connectivity index (χ0) is 46.8. The monoisotopic (exact) mass is 923 g/mol. The quantitative estimate of drug-likeness (QED) is 0.0115. The van der Waals surface area contributed by atoms with Gasteiger partial charge in [-0.25, -0.2) is 4.57 Å². The first-order chi connectivity index (χ1) is 30.9. The Kier molecular flexibility index (Phi) is 31.4. The predicted octanol–water partition coefficient (Wildman–Crippen LogP) is 8.26. The van der Waals surface area contributed by atoms with Crippen LogP contribution in [0.3, 0.4) is 0 Å². The second-order valence-corrected chi connectivity index (χ2v) is 17.7. The highest BCUT2D eigenvalue weighted by Crippen LogP contribution is 2.47. The molecule has 2 fully saturated rings. The number of carbonyl (C=O) groups is 2. The highest BCUT2D eigenvalue weighted by molar-refractivity contribution is 7.47. The van der Waals surface area contributed by atoms with E-state index in [-0.39, 0.29) is 25.0 Å². The lowest BCUT2D eigenvalue weighted by Gasteiger charge is -2.41. The molecule has 64 heavy (non-hydrogen) atoms. The van der Waals surface area contributed by atoms with Crippen LogP contribution in [0, 0.1) is 0 Å². The summed E-state index contributed by atoms with van der Waals surface area (Å²) < 4.78 is 39.2. The number of aliphatic hydroxyl groups excluding tert-OH is 5. The van der Waals surface area contributed by atoms with E-state index in [2.05, 4.69) is 86.8 Å². The molecule has 0 radical (unpaired) electrons. The molecule has 0 aromatic carbocycles. The molecule has 2 rings (SSSR count). The van der Waals surface area contributed by atoms with E-state index in [1.165, 1.54) is 19.3 Å². The first kappa shape index (κ1) is 57.1. The summed E-state index contributed by atoms with van der Waals surface area (Å²) in [5.74, 6) is -1.21. The third kappa shape index (κ3) is 26.8. The molecule has 1 aliphatic heterocycles. The van der Waals surface area contributed by atoms with E-state index in [9.17, 15) is 44.6 Å². The lowest BCUT2D eigenvalue weighted by Crippen LogP contribution is -2.64. The Hall–Kier alpha value is -3.01. The molecule has 10 atom stereocenters. The summed E-state index contributed by atoms with van der Waals surface area (Å²) in [6, 6.07) is 0. The maximum absolute atomic E-state index is 12.8. The number of hydrogen-bond acceptors (Lipinski definition) is 13. The molecule has 0 amide bonds. The molecule has 0 spiro atoms. The smallest absolute Gasteiger partial charge is 0.462 e. The number of hydrogen-bond donors (Lipinski definition) is 6. The van der Waals surface area contributed by atoms with Crippen molar-refractivity contribution in [3.8, 4) is 0 Å². The molecule has 1 saturated carbocycles. The topological polar surface area (TPSA) is 222 Å². The Balaban J connectivity index is 1.75. The first-order valence-corrected chi connectivity index (χ1v) is 25.0. The summed E-state index contributed by atoms with van der Waals surface area (Å²) in [5.41, 5.74) is 0. The maximum Gasteiger partial charge on any atom is 0.472 e. The van der Waals surface area contributed by atoms with E-state index >= 15 is 0 Å². The van der Waals surface area contributed by atoms with Crippen LogP contribution in [0.4, 0.5) is 0 Å². The fraction of sp³-hybridized carbons (Fsp3) is 0.673. The van der Waals surface area contributed by atoms with Crippen LogP contribution < -0.4 is 0 Å². The highest BCUT2D eigenvalue weighted by atomic mass is 31.2. The van der Waals surface area contributed by atoms with Gasteiger partial charge in [-0.3, -0.25) is 18.6 Å². The molecule has 14 nitrogen and oxygen atoms in total. The third-order valence-electron chi connectivity index (χ3n) is 10.6. The molecule has 1 saturated heterocycles. The normalized spacial score (nSPS) is 25.5. The van der Waals surface area contributed by atoms with E-state index in [4.69, 9.17) is 23.3 Å². The third-order valence-corrected chi connectivity index (χ3v) is 11.6. The molecule has 364 valence electrons. The van der Waals surface area contributed by atoms with Crippen molar-refractivity contribution in [3.63, 3.8) is 0 Å². The van der Waals surface area contributed by atoms with Gasteiger partial charge in [-0.15, -0.1) is 0 Å². The Bertz CT molecular complexity index is 1510. The largest absolute Gasteiger partial charge is 0.472 e. The molecule has 15 heteroatoms. The molecule has 6 N–H and O–H groups in total. The van der Waals surface area contributed by atoms with Crippen molar-refractivity contribution in [1.29, 1.82) is 0 Å². The average Bonchev–Trinajstić information content (AvgIpc) is 4.04. The zero-order valence-corrected chi connectivity index (χ0v) is 39.1. The number of esters is 2. The summed E-state index contributed by atoms with van der Waals surface area (Å²) in [5, 5.41) is 50.2. The number of carbonyl (C=O) groups excluding carboxylic acids is 2. The van der Waals surface area contributed by atoms with E-state index in [1.54, 1.807) is 0 Å². The minimum Gasteiger partial charge on any atom is -0.462 e. The van der Waals surface area contributed by atoms with Crippen LogP contribution in [0.15, 0.2) is 85.1 Å². The molecule has 0 aromatic rings. The summed E-state index contributed by atoms with van der Waals surface area (Å²) in [6.07, 6.45) is 33.7. The second kappa shape index (κ2) is 35.2. The van der Waals surface area contributed by atoms with Crippen LogP contribution in [0.5, 0.6) is 0 Å². The number of rotatable bonds is 36. The number of epoxide rings is 1. The maximum atomic E-state index is 12.8. The molecule has 1 heterocycles. The Morgan fingerprint density at radius 1 is 0.562 bits per heavy atom. The van der Waals surface area contributed by atoms with E-state index in [1.807, 2.05) is 12.2 Å². The molecular formula is C49H79O14P. The standard InChI is InChI=1S/C49H79O14P/c1-3-5-7-9-11-13-14-15-16-17-18-19-20-22-24-26-31-35-42(50)59-37-39(38-60-64(57,58)63-49-47(55)45(53)44(52)46(54)48(49)56)61-43(51)36-32-28-27-30-34-41-40(62-41)33-29-25-23-21-12-10-8-6-4-2/h5,7,11-13,15-16,18-19,21,25,27,29-30,39-41,44-49,52-56H,3-4,6,8-10,14,17,20,22-24,26,28,31-38H2,1-2H3,(H,57,58)/b7-5-,13-11-,16-15-,19-18-,21-12-,29-25-,30-27-/t39-,40?,41?,44?,45-,46+,47-,48-,49?/m1/s1. The van der Waals surface area contributed by atoms with E-state index in [0.29, 0.717) is 19.3 Å². The molecule has 0 bridgehead atoms. The van der Waals surface area contributed by atoms with Crippen molar-refractivity contribution < 1.29 is 67.8 Å². The van der Waals surface area contributed by atoms with Gasteiger partial charge in [-0.05, 0) is 89.9 Å². The van der Waals surface area contributed by atoms with Crippen molar-refractivity contribution in [2.45, 2.75) is 197 Å². The van der Waals surface area contributed by atoms with Gasteiger partial charge in [0, 0.05) is 12.8 Å². The van der Waals surface area contributed by atoms with Crippen LogP contribution in [0.2, 0.25) is 0 Å². The number of allylic oxidation sites excluding steroid dienone is 12. The fourth-order valence-corrected chi connectivity index (χ4v) is 7.69. The Morgan fingerprint density at radius 3 is 1.62 bits per heavy atom. The Labute approximate surface area is 382 Å². The van der Waals surface area contributed by atoms with Crippen LogP contribution in [0.25, 0.3) is 0 Å². The SMILES string of the molecule is CC/C=C\C/C=C\C/C=C\C/C=C\CCCCCCC(=O)OC[C@H](COP(=O)(O)OC1[C@H](O)[C@H](O)C(O)[C@H](O)[C@H]1O)OC(=O)CCC/C=C\CC1OC1C/C=C\C/C=C\CCCCC. The average molecular weight is 923 g/mol. The molecule has 0 aromatic heterocycles. The van der Waals surface area contributed by atoms with E-state index < -0.39 is 75.7 Å². The van der Waals surface area contributed by atoms with Crippen molar-refractivity contribution in [1.82, 2.24) is 0 Å². The minimum absolute atomic E-state index is 0.00193. The number of aliphatic hydroxyl groups is 5. The lowest BCUT2D eigenvalue weighted by molar-refractivity contribution is -0.220. The summed E-state index contributed by atoms with van der Waals surface area (Å²) in [6.45, 7) is 3.07. The van der Waals surface area contributed by atoms with Crippen LogP contribution in [-0.2, 0) is 37.4 Å². The van der Waals surface area contributed by atoms with Crippen LogP contribution in [0.1, 0.15) is 142 Å². The second-order valence-electron chi connectivity index (χ2n) is 16.3. The van der Waals surface area contributed by atoms with Gasteiger partial charge in [0.2, 0.25) is 0 Å². The lowest BCUT2D eigenvalue weighted by atomic mass is 9.85. The van der Waals surface area contributed by atoms with Crippen molar-refractivity contribution in [2.75, 3.05) is 13.2 Å². The molecular weight excluding hydrogens is 843 g/mol. The van der Waals surface area contributed by atoms with Crippen molar-refractivity contribution >= 4 is 19.8 Å². The van der Waals surface area contributed by atoms with Crippen molar-refractivity contribution in [3.05, 3.63) is 85.1 Å². The van der Waals surface area contributed by atoms with Gasteiger partial charge in [-0.1, -0.05) is 125 Å². The number of phosphoric acid groups is 1. The van der Waals surface area contributed by atoms with E-state index in [0.717, 1.165) is 77.0 Å². The van der Waals surface area contributed by atoms with Gasteiger partial charge in [0.05, 0.1) is 18.8 Å². The summed E-state index contributed by atoms with van der Waals surface area (Å²) in [7, 11) is -5.15. The fourth-order valence-electron chi connectivity index (χ4n) is 6.72. The Morgan fingerprint density at radius 2 is 1.03 bits per heavy atom. The number of unbranched alkanes of at least 4 members (excludes halogenated alkanes) is 8. The predicted molar refractivity (Wildman–Crippen MR) is 248 cm³/mol. The van der Waals surface area contributed by atoms with Gasteiger partial charge in [0.15, 0.2) is 6.10 Å². The van der Waals surface area contributed by atoms with Gasteiger partial charge >= 0.3 is 19.8 Å². The molecule has 2 aliphatic rings.